The van der Waals surface area contributed by atoms with Crippen molar-refractivity contribution in [3.05, 3.63) is 65.7 Å². The van der Waals surface area contributed by atoms with Crippen molar-refractivity contribution in [2.45, 2.75) is 32.1 Å². The normalized spacial score (nSPS) is 14.1. The number of amides is 1. The van der Waals surface area contributed by atoms with Crippen molar-refractivity contribution in [3.63, 3.8) is 0 Å². The number of carbonyl (C=O) groups excluding carboxylic acids is 1. The molecule has 2 aromatic rings. The molecule has 1 aliphatic rings. The van der Waals surface area contributed by atoms with E-state index >= 15 is 0 Å². The summed E-state index contributed by atoms with van der Waals surface area (Å²) in [5.41, 5.74) is 2.54. The fourth-order valence-corrected chi connectivity index (χ4v) is 3.46. The summed E-state index contributed by atoms with van der Waals surface area (Å²) >= 11 is 0. The minimum atomic E-state index is 0. The summed E-state index contributed by atoms with van der Waals surface area (Å²) in [6.07, 6.45) is 4.75. The number of benzene rings is 2. The summed E-state index contributed by atoms with van der Waals surface area (Å²) in [7, 11) is 0. The third-order valence-corrected chi connectivity index (χ3v) is 5.04. The van der Waals surface area contributed by atoms with Gasteiger partial charge in [-0.2, -0.15) is 0 Å². The van der Waals surface area contributed by atoms with E-state index in [1.54, 1.807) is 0 Å². The third-order valence-electron chi connectivity index (χ3n) is 5.04. The van der Waals surface area contributed by atoms with Gasteiger partial charge in [0.25, 0.3) is 0 Å². The van der Waals surface area contributed by atoms with Crippen molar-refractivity contribution in [2.75, 3.05) is 26.2 Å². The maximum absolute atomic E-state index is 12.2. The van der Waals surface area contributed by atoms with Crippen LogP contribution < -0.4 is 15.4 Å². The molecule has 0 unspecified atom stereocenters. The molecule has 28 heavy (non-hydrogen) atoms. The van der Waals surface area contributed by atoms with Crippen LogP contribution in [0.3, 0.4) is 0 Å². The Balaban J connectivity index is 0.00000280. The van der Waals surface area contributed by atoms with Gasteiger partial charge in [-0.25, -0.2) is 0 Å². The number of nitrogens with one attached hydrogen (secondary N) is 2. The van der Waals surface area contributed by atoms with Crippen LogP contribution in [-0.4, -0.2) is 32.1 Å². The molecule has 0 aliphatic carbocycles. The lowest BCUT2D eigenvalue weighted by molar-refractivity contribution is -0.125. The van der Waals surface area contributed by atoms with Gasteiger partial charge in [0.15, 0.2) is 0 Å². The van der Waals surface area contributed by atoms with Gasteiger partial charge in [-0.1, -0.05) is 42.5 Å². The highest BCUT2D eigenvalue weighted by Crippen LogP contribution is 2.15. The molecule has 1 amide bonds. The zero-order valence-corrected chi connectivity index (χ0v) is 17.2. The molecule has 0 spiro atoms. The molecule has 0 aromatic heterocycles. The first-order valence-corrected chi connectivity index (χ1v) is 10.1. The lowest BCUT2D eigenvalue weighted by Crippen LogP contribution is -2.38. The maximum Gasteiger partial charge on any atom is 0.223 e. The minimum absolute atomic E-state index is 0. The monoisotopic (exact) mass is 402 g/mol. The van der Waals surface area contributed by atoms with Gasteiger partial charge in [-0.05, 0) is 68.5 Å². The van der Waals surface area contributed by atoms with Crippen LogP contribution >= 0.6 is 12.4 Å². The van der Waals surface area contributed by atoms with Gasteiger partial charge in [0.1, 0.15) is 5.75 Å². The van der Waals surface area contributed by atoms with Crippen LogP contribution in [0.4, 0.5) is 0 Å². The average Bonchev–Trinajstić information content (AvgIpc) is 2.73. The van der Waals surface area contributed by atoms with E-state index in [1.165, 1.54) is 11.1 Å². The van der Waals surface area contributed by atoms with Gasteiger partial charge >= 0.3 is 0 Å². The van der Waals surface area contributed by atoms with E-state index in [4.69, 9.17) is 4.74 Å². The van der Waals surface area contributed by atoms with Gasteiger partial charge in [-0.15, -0.1) is 12.4 Å². The lowest BCUT2D eigenvalue weighted by Gasteiger charge is -2.21. The molecule has 3 rings (SSSR count). The van der Waals surface area contributed by atoms with Crippen molar-refractivity contribution in [3.8, 4) is 5.75 Å². The SMILES string of the molecule is Cl.O=C(NCCc1cccc(OCCCc2ccccc2)c1)C1CCNCC1. The number of piperidine rings is 1. The number of hydrogen-bond acceptors (Lipinski definition) is 3. The van der Waals surface area contributed by atoms with Gasteiger partial charge in [-0.3, -0.25) is 4.79 Å². The molecular weight excluding hydrogens is 372 g/mol. The van der Waals surface area contributed by atoms with Crippen LogP contribution in [-0.2, 0) is 17.6 Å². The highest BCUT2D eigenvalue weighted by molar-refractivity contribution is 5.85. The van der Waals surface area contributed by atoms with E-state index in [0.717, 1.165) is 50.9 Å². The summed E-state index contributed by atoms with van der Waals surface area (Å²) in [5, 5.41) is 6.38. The number of ether oxygens (including phenoxy) is 1. The number of carbonyl (C=O) groups is 1. The van der Waals surface area contributed by atoms with Crippen molar-refractivity contribution in [1.29, 1.82) is 0 Å². The highest BCUT2D eigenvalue weighted by atomic mass is 35.5. The first-order valence-electron chi connectivity index (χ1n) is 10.1. The first-order chi connectivity index (χ1) is 13.3. The predicted molar refractivity (Wildman–Crippen MR) is 116 cm³/mol. The van der Waals surface area contributed by atoms with Crippen molar-refractivity contribution < 1.29 is 9.53 Å². The second kappa shape index (κ2) is 12.4. The van der Waals surface area contributed by atoms with Gasteiger partial charge in [0.2, 0.25) is 5.91 Å². The lowest BCUT2D eigenvalue weighted by atomic mass is 9.97. The van der Waals surface area contributed by atoms with Gasteiger partial charge in [0, 0.05) is 12.5 Å². The third kappa shape index (κ3) is 7.53. The van der Waals surface area contributed by atoms with Gasteiger partial charge in [0.05, 0.1) is 6.61 Å². The minimum Gasteiger partial charge on any atom is -0.494 e. The Morgan fingerprint density at radius 3 is 2.54 bits per heavy atom. The second-order valence-corrected chi connectivity index (χ2v) is 7.15. The Kier molecular flexibility index (Phi) is 9.87. The topological polar surface area (TPSA) is 50.4 Å². The van der Waals surface area contributed by atoms with E-state index in [-0.39, 0.29) is 24.2 Å². The molecule has 1 fully saturated rings. The Labute approximate surface area is 174 Å². The summed E-state index contributed by atoms with van der Waals surface area (Å²) < 4.78 is 5.90. The fraction of sp³-hybridized carbons (Fsp3) is 0.435. The van der Waals surface area contributed by atoms with Crippen LogP contribution in [0.25, 0.3) is 0 Å². The molecule has 0 radical (unpaired) electrons. The zero-order chi connectivity index (χ0) is 18.7. The molecule has 0 atom stereocenters. The maximum atomic E-state index is 12.2. The van der Waals surface area contributed by atoms with E-state index in [1.807, 2.05) is 18.2 Å². The first kappa shape index (κ1) is 22.3. The quantitative estimate of drug-likeness (QED) is 0.627. The second-order valence-electron chi connectivity index (χ2n) is 7.15. The Bertz CT molecular complexity index is 703. The molecule has 5 heteroatoms. The average molecular weight is 403 g/mol. The Hall–Kier alpha value is -2.04. The summed E-state index contributed by atoms with van der Waals surface area (Å²) in [6.45, 7) is 3.29. The highest BCUT2D eigenvalue weighted by Gasteiger charge is 2.20. The standard InChI is InChI=1S/C23H30N2O2.ClH/c26-23(21-12-14-24-15-13-21)25-16-11-20-8-4-10-22(18-20)27-17-5-9-19-6-2-1-3-7-19;/h1-4,6-8,10,18,21,24H,5,9,11-17H2,(H,25,26);1H. The number of rotatable bonds is 9. The van der Waals surface area contributed by atoms with E-state index in [9.17, 15) is 4.79 Å². The molecule has 0 saturated carbocycles. The molecule has 1 heterocycles. The van der Waals surface area contributed by atoms with Crippen molar-refractivity contribution in [1.82, 2.24) is 10.6 Å². The Morgan fingerprint density at radius 1 is 1.00 bits per heavy atom. The predicted octanol–water partition coefficient (Wildman–Crippen LogP) is 3.78. The van der Waals surface area contributed by atoms with Gasteiger partial charge < -0.3 is 15.4 Å². The number of hydrogen-bond donors (Lipinski definition) is 2. The van der Waals surface area contributed by atoms with Crippen LogP contribution in [0.5, 0.6) is 5.75 Å². The van der Waals surface area contributed by atoms with Crippen LogP contribution in [0.2, 0.25) is 0 Å². The molecule has 0 bridgehead atoms. The summed E-state index contributed by atoms with van der Waals surface area (Å²) in [5.74, 6) is 1.28. The van der Waals surface area contributed by atoms with E-state index < -0.39 is 0 Å². The molecular formula is C23H31ClN2O2. The van der Waals surface area contributed by atoms with E-state index in [0.29, 0.717) is 13.2 Å². The fourth-order valence-electron chi connectivity index (χ4n) is 3.46. The largest absolute Gasteiger partial charge is 0.494 e. The zero-order valence-electron chi connectivity index (χ0n) is 16.4. The molecule has 152 valence electrons. The van der Waals surface area contributed by atoms with Crippen molar-refractivity contribution >= 4 is 18.3 Å². The molecule has 1 saturated heterocycles. The van der Waals surface area contributed by atoms with Crippen LogP contribution in [0, 0.1) is 5.92 Å². The van der Waals surface area contributed by atoms with Crippen LogP contribution in [0.15, 0.2) is 54.6 Å². The molecule has 2 aromatic carbocycles. The van der Waals surface area contributed by atoms with Crippen molar-refractivity contribution in [2.24, 2.45) is 5.92 Å². The molecule has 2 N–H and O–H groups in total. The number of halogens is 1. The smallest absolute Gasteiger partial charge is 0.223 e. The van der Waals surface area contributed by atoms with E-state index in [2.05, 4.69) is 47.0 Å². The summed E-state index contributed by atoms with van der Waals surface area (Å²) in [6, 6.07) is 18.7. The number of aryl methyl sites for hydroxylation is 1. The molecule has 1 aliphatic heterocycles. The van der Waals surface area contributed by atoms with Crippen LogP contribution in [0.1, 0.15) is 30.4 Å². The molecule has 4 nitrogen and oxygen atoms in total. The Morgan fingerprint density at radius 2 is 1.75 bits per heavy atom. The summed E-state index contributed by atoms with van der Waals surface area (Å²) in [4.78, 5) is 12.2.